The van der Waals surface area contributed by atoms with Crippen LogP contribution in [0.4, 0.5) is 0 Å². The molecule has 0 saturated carbocycles. The Morgan fingerprint density at radius 3 is 2.88 bits per heavy atom. The minimum atomic E-state index is -0.807. The zero-order valence-corrected chi connectivity index (χ0v) is 14.9. The van der Waals surface area contributed by atoms with E-state index in [1.54, 1.807) is 0 Å². The van der Waals surface area contributed by atoms with Gasteiger partial charge in [-0.3, -0.25) is 14.6 Å². The van der Waals surface area contributed by atoms with E-state index in [0.29, 0.717) is 18.9 Å². The van der Waals surface area contributed by atoms with Gasteiger partial charge in [-0.2, -0.15) is 0 Å². The monoisotopic (exact) mass is 357 g/mol. The van der Waals surface area contributed by atoms with Crippen LogP contribution in [0.1, 0.15) is 42.2 Å². The molecule has 2 aromatic rings. The Bertz CT molecular complexity index is 833. The van der Waals surface area contributed by atoms with Crippen LogP contribution >= 0.6 is 0 Å². The van der Waals surface area contributed by atoms with Gasteiger partial charge in [-0.15, -0.1) is 0 Å². The van der Waals surface area contributed by atoms with E-state index in [9.17, 15) is 14.7 Å². The first kappa shape index (κ1) is 18.1. The van der Waals surface area contributed by atoms with Gasteiger partial charge in [0.15, 0.2) is 0 Å². The van der Waals surface area contributed by atoms with Crippen molar-refractivity contribution in [3.8, 4) is 5.75 Å². The van der Waals surface area contributed by atoms with E-state index in [-0.39, 0.29) is 24.2 Å². The summed E-state index contributed by atoms with van der Waals surface area (Å²) in [4.78, 5) is 31.5. The fourth-order valence-electron chi connectivity index (χ4n) is 3.01. The molecule has 2 heterocycles. The number of aliphatic hydroxyl groups excluding tert-OH is 1. The average molecular weight is 357 g/mol. The fourth-order valence-corrected chi connectivity index (χ4v) is 3.01. The van der Waals surface area contributed by atoms with Gasteiger partial charge in [0.2, 0.25) is 0 Å². The molecule has 1 aliphatic heterocycles. The highest BCUT2D eigenvalue weighted by Gasteiger charge is 2.32. The number of amides is 1. The highest BCUT2D eigenvalue weighted by Crippen LogP contribution is 2.24. The summed E-state index contributed by atoms with van der Waals surface area (Å²) in [5.74, 6) is 0.760. The molecule has 26 heavy (non-hydrogen) atoms. The van der Waals surface area contributed by atoms with Gasteiger partial charge in [0.05, 0.1) is 18.9 Å². The van der Waals surface area contributed by atoms with Gasteiger partial charge in [0.25, 0.3) is 11.5 Å². The third kappa shape index (κ3) is 4.11. The Kier molecular flexibility index (Phi) is 5.37. The van der Waals surface area contributed by atoms with E-state index in [1.165, 1.54) is 16.7 Å². The lowest BCUT2D eigenvalue weighted by Crippen LogP contribution is -2.51. The molecule has 0 bridgehead atoms. The number of aromatic nitrogens is 2. The van der Waals surface area contributed by atoms with E-state index in [4.69, 9.17) is 4.74 Å². The van der Waals surface area contributed by atoms with Gasteiger partial charge in [0.1, 0.15) is 23.7 Å². The summed E-state index contributed by atoms with van der Waals surface area (Å²) < 4.78 is 5.95. The molecule has 3 rings (SSSR count). The summed E-state index contributed by atoms with van der Waals surface area (Å²) in [5.41, 5.74) is 0.860. The first-order chi connectivity index (χ1) is 12.4. The van der Waals surface area contributed by atoms with Crippen molar-refractivity contribution >= 4 is 5.91 Å². The Labute approximate surface area is 151 Å². The standard InChI is InChI=1S/C19H23N3O4/c1-12(2)13-4-3-5-14(8-13)26-17-6-7-22(11-16(17)23)19(25)15-9-20-10-18(24)21-15/h3-5,8-10,12,16-17,23H,6-7,11H2,1-2H3,(H,21,24)/t16-,17-/m1/s1. The van der Waals surface area contributed by atoms with E-state index in [1.807, 2.05) is 24.3 Å². The first-order valence-electron chi connectivity index (χ1n) is 8.72. The van der Waals surface area contributed by atoms with Crippen molar-refractivity contribution in [2.24, 2.45) is 0 Å². The van der Waals surface area contributed by atoms with Gasteiger partial charge in [0, 0.05) is 13.0 Å². The number of carbonyl (C=O) groups excluding carboxylic acids is 1. The van der Waals surface area contributed by atoms with Crippen LogP contribution in [-0.4, -0.2) is 51.2 Å². The molecule has 7 nitrogen and oxygen atoms in total. The third-order valence-corrected chi connectivity index (χ3v) is 4.50. The molecule has 2 atom stereocenters. The predicted molar refractivity (Wildman–Crippen MR) is 96.3 cm³/mol. The second kappa shape index (κ2) is 7.70. The van der Waals surface area contributed by atoms with Gasteiger partial charge in [-0.25, -0.2) is 0 Å². The molecule has 1 amide bonds. The maximum absolute atomic E-state index is 12.4. The molecule has 138 valence electrons. The summed E-state index contributed by atoms with van der Waals surface area (Å²) in [7, 11) is 0. The van der Waals surface area contributed by atoms with E-state index >= 15 is 0 Å². The Morgan fingerprint density at radius 1 is 1.38 bits per heavy atom. The van der Waals surface area contributed by atoms with Gasteiger partial charge < -0.3 is 19.7 Å². The molecule has 0 radical (unpaired) electrons. The molecule has 1 aliphatic rings. The van der Waals surface area contributed by atoms with Crippen LogP contribution in [0.25, 0.3) is 0 Å². The molecule has 0 aliphatic carbocycles. The molecule has 1 aromatic heterocycles. The number of benzene rings is 1. The molecule has 1 aromatic carbocycles. The van der Waals surface area contributed by atoms with Crippen LogP contribution in [0.2, 0.25) is 0 Å². The Hall–Kier alpha value is -2.67. The molecule has 1 fully saturated rings. The number of rotatable bonds is 4. The highest BCUT2D eigenvalue weighted by molar-refractivity contribution is 5.92. The lowest BCUT2D eigenvalue weighted by Gasteiger charge is -2.35. The number of carbonyl (C=O) groups is 1. The number of aliphatic hydroxyl groups is 1. The number of ether oxygens (including phenoxy) is 1. The minimum Gasteiger partial charge on any atom is -0.488 e. The van der Waals surface area contributed by atoms with Crippen LogP contribution in [0.3, 0.4) is 0 Å². The van der Waals surface area contributed by atoms with Gasteiger partial charge in [-0.05, 0) is 23.6 Å². The zero-order chi connectivity index (χ0) is 18.7. The van der Waals surface area contributed by atoms with Crippen molar-refractivity contribution in [2.75, 3.05) is 13.1 Å². The van der Waals surface area contributed by atoms with Crippen LogP contribution in [0, 0.1) is 0 Å². The largest absolute Gasteiger partial charge is 0.488 e. The average Bonchev–Trinajstić information content (AvgIpc) is 2.63. The van der Waals surface area contributed by atoms with Gasteiger partial charge in [-0.1, -0.05) is 26.0 Å². The lowest BCUT2D eigenvalue weighted by molar-refractivity contribution is -0.0201. The molecule has 2 N–H and O–H groups in total. The molecule has 0 unspecified atom stereocenters. The minimum absolute atomic E-state index is 0.119. The quantitative estimate of drug-likeness (QED) is 0.866. The van der Waals surface area contributed by atoms with Crippen molar-refractivity contribution in [1.82, 2.24) is 14.9 Å². The maximum atomic E-state index is 12.4. The van der Waals surface area contributed by atoms with E-state index < -0.39 is 11.7 Å². The first-order valence-corrected chi connectivity index (χ1v) is 8.72. The molecular weight excluding hydrogens is 334 g/mol. The number of H-pyrrole nitrogens is 1. The number of piperidine rings is 1. The smallest absolute Gasteiger partial charge is 0.272 e. The van der Waals surface area contributed by atoms with Crippen molar-refractivity contribution in [3.63, 3.8) is 0 Å². The second-order valence-electron chi connectivity index (χ2n) is 6.80. The van der Waals surface area contributed by atoms with Crippen molar-refractivity contribution < 1.29 is 14.6 Å². The molecule has 1 saturated heterocycles. The van der Waals surface area contributed by atoms with E-state index in [2.05, 4.69) is 23.8 Å². The Morgan fingerprint density at radius 2 is 2.19 bits per heavy atom. The molecular formula is C19H23N3O4. The summed E-state index contributed by atoms with van der Waals surface area (Å²) in [6.07, 6.45) is 1.74. The van der Waals surface area contributed by atoms with Crippen molar-refractivity contribution in [3.05, 3.63) is 58.3 Å². The number of hydrogen-bond acceptors (Lipinski definition) is 5. The topological polar surface area (TPSA) is 95.5 Å². The number of β-amino-alcohol motifs (C(OH)–C–C–N with tert-alkyl or cyclic N) is 1. The predicted octanol–water partition coefficient (Wildman–Crippen LogP) is 1.55. The highest BCUT2D eigenvalue weighted by atomic mass is 16.5. The SMILES string of the molecule is CC(C)c1cccc(O[C@@H]2CCN(C(=O)c3cncc(=O)[nH]3)C[C@H]2O)c1. The van der Waals surface area contributed by atoms with Gasteiger partial charge >= 0.3 is 0 Å². The fraction of sp³-hybridized carbons (Fsp3) is 0.421. The van der Waals surface area contributed by atoms with Crippen LogP contribution in [0.15, 0.2) is 41.5 Å². The number of likely N-dealkylation sites (tertiary alicyclic amines) is 1. The third-order valence-electron chi connectivity index (χ3n) is 4.50. The maximum Gasteiger partial charge on any atom is 0.272 e. The summed E-state index contributed by atoms with van der Waals surface area (Å²) in [5, 5.41) is 10.4. The van der Waals surface area contributed by atoms with Crippen molar-refractivity contribution in [2.45, 2.75) is 38.4 Å². The number of aromatic amines is 1. The van der Waals surface area contributed by atoms with Crippen LogP contribution in [0.5, 0.6) is 5.75 Å². The molecule has 7 heteroatoms. The summed E-state index contributed by atoms with van der Waals surface area (Å²) >= 11 is 0. The summed E-state index contributed by atoms with van der Waals surface area (Å²) in [6, 6.07) is 7.84. The van der Waals surface area contributed by atoms with Crippen molar-refractivity contribution in [1.29, 1.82) is 0 Å². The second-order valence-corrected chi connectivity index (χ2v) is 6.80. The summed E-state index contributed by atoms with van der Waals surface area (Å²) in [6.45, 7) is 4.80. The lowest BCUT2D eigenvalue weighted by atomic mass is 10.0. The van der Waals surface area contributed by atoms with Crippen LogP contribution in [-0.2, 0) is 0 Å². The normalized spacial score (nSPS) is 20.2. The van der Waals surface area contributed by atoms with Crippen LogP contribution < -0.4 is 10.3 Å². The number of hydrogen-bond donors (Lipinski definition) is 2. The Balaban J connectivity index is 1.64. The molecule has 0 spiro atoms. The number of nitrogens with zero attached hydrogens (tertiary/aromatic N) is 2. The van der Waals surface area contributed by atoms with E-state index in [0.717, 1.165) is 11.9 Å². The number of nitrogens with one attached hydrogen (secondary N) is 1. The zero-order valence-electron chi connectivity index (χ0n) is 14.9.